The Kier molecular flexibility index (Phi) is 6.91. The second-order valence-electron chi connectivity index (χ2n) is 5.17. The highest BCUT2D eigenvalue weighted by Crippen LogP contribution is 2.08. The van der Waals surface area contributed by atoms with Crippen LogP contribution in [0.2, 0.25) is 0 Å². The van der Waals surface area contributed by atoms with Crippen molar-refractivity contribution >= 4 is 16.6 Å². The van der Waals surface area contributed by atoms with Gasteiger partial charge in [-0.15, -0.1) is 0 Å². The van der Waals surface area contributed by atoms with Crippen LogP contribution in [0, 0.1) is 6.92 Å². The molecule has 0 radical (unpaired) electrons. The molecule has 0 spiro atoms. The lowest BCUT2D eigenvalue weighted by molar-refractivity contribution is -0.112. The van der Waals surface area contributed by atoms with E-state index in [1.54, 1.807) is 18.2 Å². The minimum Gasteiger partial charge on any atom is -0.373 e. The molecule has 0 aromatic heterocycles. The second kappa shape index (κ2) is 9.18. The van der Waals surface area contributed by atoms with E-state index >= 15 is 0 Å². The second-order valence-corrected chi connectivity index (χ2v) is 6.62. The fraction of sp³-hybridized carbons (Fsp3) is 0.211. The van der Waals surface area contributed by atoms with Crippen molar-refractivity contribution in [2.45, 2.75) is 18.4 Å². The lowest BCUT2D eigenvalue weighted by atomic mass is 10.2. The van der Waals surface area contributed by atoms with Gasteiger partial charge in [-0.2, -0.15) is 0 Å². The number of benzene rings is 2. The molecular weight excluding hydrogens is 308 g/mol. The molecular formula is C19H20O3S. The predicted octanol–water partition coefficient (Wildman–Crippen LogP) is 3.44. The van der Waals surface area contributed by atoms with E-state index in [9.17, 15) is 9.00 Å². The topological polar surface area (TPSA) is 43.4 Å². The smallest absolute Gasteiger partial charge is 0.168 e. The third kappa shape index (κ3) is 6.30. The maximum absolute atomic E-state index is 12.1. The molecule has 0 saturated carbocycles. The molecule has 0 amide bonds. The zero-order valence-electron chi connectivity index (χ0n) is 13.1. The summed E-state index contributed by atoms with van der Waals surface area (Å²) in [7, 11) is -1.30. The lowest BCUT2D eigenvalue weighted by Crippen LogP contribution is -2.08. The molecule has 1 unspecified atom stereocenters. The van der Waals surface area contributed by atoms with Crippen LogP contribution < -0.4 is 0 Å². The van der Waals surface area contributed by atoms with Crippen LogP contribution in [-0.4, -0.2) is 22.4 Å². The van der Waals surface area contributed by atoms with Gasteiger partial charge in [0.05, 0.1) is 29.8 Å². The van der Waals surface area contributed by atoms with Crippen molar-refractivity contribution in [3.05, 3.63) is 77.9 Å². The number of carbonyl (C=O) groups excluding carboxylic acids is 1. The molecule has 0 bridgehead atoms. The van der Waals surface area contributed by atoms with Gasteiger partial charge in [0.25, 0.3) is 0 Å². The number of rotatable bonds is 8. The predicted molar refractivity (Wildman–Crippen MR) is 92.7 cm³/mol. The first-order valence-corrected chi connectivity index (χ1v) is 8.73. The summed E-state index contributed by atoms with van der Waals surface area (Å²) in [5.74, 6) is -0.162. The van der Waals surface area contributed by atoms with E-state index in [1.807, 2.05) is 49.4 Å². The molecule has 0 saturated heterocycles. The molecule has 23 heavy (non-hydrogen) atoms. The van der Waals surface area contributed by atoms with Gasteiger partial charge in [-0.25, -0.2) is 0 Å². The number of ketones is 1. The Morgan fingerprint density at radius 1 is 1.09 bits per heavy atom. The van der Waals surface area contributed by atoms with E-state index in [0.717, 1.165) is 11.1 Å². The van der Waals surface area contributed by atoms with Gasteiger partial charge in [0.15, 0.2) is 5.78 Å². The van der Waals surface area contributed by atoms with Crippen LogP contribution in [0.25, 0.3) is 0 Å². The van der Waals surface area contributed by atoms with E-state index in [-0.39, 0.29) is 11.5 Å². The van der Waals surface area contributed by atoms with Crippen molar-refractivity contribution in [3.63, 3.8) is 0 Å². The number of carbonyl (C=O) groups is 1. The quantitative estimate of drug-likeness (QED) is 0.551. The Bertz CT molecular complexity index is 676. The van der Waals surface area contributed by atoms with Gasteiger partial charge in [-0.1, -0.05) is 54.1 Å². The Hall–Kier alpha value is -2.04. The molecule has 4 heteroatoms. The summed E-state index contributed by atoms with van der Waals surface area (Å²) in [5, 5.41) is 0. The van der Waals surface area contributed by atoms with Crippen molar-refractivity contribution in [3.8, 4) is 0 Å². The van der Waals surface area contributed by atoms with Crippen LogP contribution in [0.5, 0.6) is 0 Å². The van der Waals surface area contributed by atoms with Gasteiger partial charge >= 0.3 is 0 Å². The summed E-state index contributed by atoms with van der Waals surface area (Å²) in [5.41, 5.74) is 2.19. The number of aryl methyl sites for hydroxylation is 1. The molecule has 0 fully saturated rings. The van der Waals surface area contributed by atoms with Gasteiger partial charge in [-0.3, -0.25) is 9.00 Å². The number of allylic oxidation sites excluding steroid dienone is 1. The fourth-order valence-electron chi connectivity index (χ4n) is 1.95. The van der Waals surface area contributed by atoms with Crippen molar-refractivity contribution in [1.29, 1.82) is 0 Å². The molecule has 2 aromatic carbocycles. The van der Waals surface area contributed by atoms with Crippen molar-refractivity contribution in [2.24, 2.45) is 0 Å². The number of hydrogen-bond acceptors (Lipinski definition) is 3. The molecule has 2 aromatic rings. The van der Waals surface area contributed by atoms with Crippen LogP contribution in [-0.2, 0) is 26.9 Å². The Morgan fingerprint density at radius 3 is 2.48 bits per heavy atom. The fourth-order valence-corrected chi connectivity index (χ4v) is 2.91. The molecule has 120 valence electrons. The van der Waals surface area contributed by atoms with E-state index in [4.69, 9.17) is 4.74 Å². The van der Waals surface area contributed by atoms with Gasteiger partial charge in [0, 0.05) is 4.90 Å². The largest absolute Gasteiger partial charge is 0.373 e. The minimum atomic E-state index is -1.30. The SMILES string of the molecule is Cc1ccc(S(=O)CC(=O)/C=C/COCc2ccccc2)cc1. The number of hydrogen-bond donors (Lipinski definition) is 0. The molecule has 3 nitrogen and oxygen atoms in total. The maximum Gasteiger partial charge on any atom is 0.168 e. The van der Waals surface area contributed by atoms with Gasteiger partial charge in [0.2, 0.25) is 0 Å². The highest BCUT2D eigenvalue weighted by Gasteiger charge is 2.07. The summed E-state index contributed by atoms with van der Waals surface area (Å²) in [6.07, 6.45) is 3.11. The summed E-state index contributed by atoms with van der Waals surface area (Å²) in [4.78, 5) is 12.5. The van der Waals surface area contributed by atoms with E-state index in [0.29, 0.717) is 18.1 Å². The molecule has 0 aliphatic rings. The zero-order valence-corrected chi connectivity index (χ0v) is 13.9. The van der Waals surface area contributed by atoms with Crippen LogP contribution in [0.1, 0.15) is 11.1 Å². The maximum atomic E-state index is 12.1. The Balaban J connectivity index is 1.71. The molecule has 0 heterocycles. The van der Waals surface area contributed by atoms with Crippen LogP contribution in [0.15, 0.2) is 71.6 Å². The summed E-state index contributed by atoms with van der Waals surface area (Å²) >= 11 is 0. The van der Waals surface area contributed by atoms with Crippen molar-refractivity contribution in [1.82, 2.24) is 0 Å². The van der Waals surface area contributed by atoms with Crippen molar-refractivity contribution in [2.75, 3.05) is 12.4 Å². The van der Waals surface area contributed by atoms with E-state index in [2.05, 4.69) is 0 Å². The first-order chi connectivity index (χ1) is 11.1. The first-order valence-electron chi connectivity index (χ1n) is 7.41. The molecule has 0 aliphatic heterocycles. The minimum absolute atomic E-state index is 0.00174. The normalized spacial score (nSPS) is 12.4. The van der Waals surface area contributed by atoms with Gasteiger partial charge in [0.1, 0.15) is 0 Å². The molecule has 0 N–H and O–H groups in total. The van der Waals surface area contributed by atoms with Crippen LogP contribution in [0.3, 0.4) is 0 Å². The molecule has 2 rings (SSSR count). The lowest BCUT2D eigenvalue weighted by Gasteiger charge is -2.01. The highest BCUT2D eigenvalue weighted by atomic mass is 32.2. The third-order valence-corrected chi connectivity index (χ3v) is 4.53. The van der Waals surface area contributed by atoms with Gasteiger partial charge < -0.3 is 4.74 Å². The monoisotopic (exact) mass is 328 g/mol. The average molecular weight is 328 g/mol. The Morgan fingerprint density at radius 2 is 1.78 bits per heavy atom. The van der Waals surface area contributed by atoms with Crippen LogP contribution >= 0.6 is 0 Å². The highest BCUT2D eigenvalue weighted by molar-refractivity contribution is 7.85. The number of ether oxygens (including phenoxy) is 1. The van der Waals surface area contributed by atoms with E-state index < -0.39 is 10.8 Å². The Labute approximate surface area is 139 Å². The summed E-state index contributed by atoms with van der Waals surface area (Å²) < 4.78 is 17.5. The van der Waals surface area contributed by atoms with E-state index in [1.165, 1.54) is 6.08 Å². The molecule has 1 atom stereocenters. The average Bonchev–Trinajstić information content (AvgIpc) is 2.56. The molecule has 0 aliphatic carbocycles. The zero-order chi connectivity index (χ0) is 16.5. The third-order valence-electron chi connectivity index (χ3n) is 3.19. The standard InChI is InChI=1S/C19H20O3S/c1-16-9-11-19(12-10-16)23(21)15-18(20)8-5-13-22-14-17-6-3-2-4-7-17/h2-12H,13-15H2,1H3/b8-5+. The summed E-state index contributed by atoms with van der Waals surface area (Å²) in [6.45, 7) is 2.84. The van der Waals surface area contributed by atoms with Crippen LogP contribution in [0.4, 0.5) is 0 Å². The van der Waals surface area contributed by atoms with Gasteiger partial charge in [-0.05, 0) is 30.7 Å². The van der Waals surface area contributed by atoms with Crippen molar-refractivity contribution < 1.29 is 13.7 Å². The first kappa shape index (κ1) is 17.3. The summed E-state index contributed by atoms with van der Waals surface area (Å²) in [6, 6.07) is 17.2.